The third kappa shape index (κ3) is 2.23. The molecule has 0 saturated carbocycles. The van der Waals surface area contributed by atoms with Gasteiger partial charge >= 0.3 is 0 Å². The summed E-state index contributed by atoms with van der Waals surface area (Å²) in [6, 6.07) is 8.40. The van der Waals surface area contributed by atoms with Gasteiger partial charge in [0.1, 0.15) is 5.82 Å². The molecule has 1 aliphatic rings. The number of fused-ring (bicyclic) bond motifs is 1. The minimum atomic E-state index is 0.746. The second-order valence-electron chi connectivity index (χ2n) is 4.86. The highest BCUT2D eigenvalue weighted by Crippen LogP contribution is 2.16. The van der Waals surface area contributed by atoms with Gasteiger partial charge in [-0.15, -0.1) is 10.2 Å². The number of nitrogens with zero attached hydrogens (tertiary/aromatic N) is 3. The maximum absolute atomic E-state index is 4.29. The van der Waals surface area contributed by atoms with Crippen LogP contribution in [0.25, 0.3) is 0 Å². The minimum Gasteiger partial charge on any atom is -0.378 e. The molecule has 0 unspecified atom stereocenters. The molecular formula is C14H18N4. The summed E-state index contributed by atoms with van der Waals surface area (Å²) in [5.74, 6) is 2.19. The zero-order valence-corrected chi connectivity index (χ0v) is 10.7. The summed E-state index contributed by atoms with van der Waals surface area (Å²) in [6.07, 6.45) is 3.55. The van der Waals surface area contributed by atoms with E-state index in [1.165, 1.54) is 18.4 Å². The van der Waals surface area contributed by atoms with E-state index in [9.17, 15) is 0 Å². The molecule has 0 radical (unpaired) electrons. The molecule has 0 saturated heterocycles. The molecule has 2 aromatic rings. The Labute approximate surface area is 107 Å². The predicted molar refractivity (Wildman–Crippen MR) is 71.5 cm³/mol. The van der Waals surface area contributed by atoms with Crippen LogP contribution < -0.4 is 5.32 Å². The van der Waals surface area contributed by atoms with Crippen LogP contribution in [0.3, 0.4) is 0 Å². The monoisotopic (exact) mass is 242 g/mol. The second-order valence-corrected chi connectivity index (χ2v) is 4.86. The molecule has 0 spiro atoms. The summed E-state index contributed by atoms with van der Waals surface area (Å²) < 4.78 is 2.26. The van der Waals surface area contributed by atoms with E-state index in [4.69, 9.17) is 0 Å². The van der Waals surface area contributed by atoms with Crippen LogP contribution in [-0.4, -0.2) is 14.8 Å². The predicted octanol–water partition coefficient (Wildman–Crippen LogP) is 2.53. The first kappa shape index (κ1) is 11.3. The summed E-state index contributed by atoms with van der Waals surface area (Å²) in [5.41, 5.74) is 2.41. The van der Waals surface area contributed by atoms with E-state index < -0.39 is 0 Å². The van der Waals surface area contributed by atoms with Gasteiger partial charge < -0.3 is 9.88 Å². The van der Waals surface area contributed by atoms with E-state index in [1.807, 2.05) is 0 Å². The van der Waals surface area contributed by atoms with Crippen LogP contribution >= 0.6 is 0 Å². The van der Waals surface area contributed by atoms with Crippen molar-refractivity contribution in [1.82, 2.24) is 14.8 Å². The summed E-state index contributed by atoms with van der Waals surface area (Å²) in [6.45, 7) is 3.91. The van der Waals surface area contributed by atoms with Gasteiger partial charge in [0.25, 0.3) is 0 Å². The molecule has 1 aromatic heterocycles. The number of aromatic nitrogens is 3. The standard InChI is InChI=1S/C14H18N4/c1-11-5-4-6-12(9-11)15-10-14-17-16-13-7-2-3-8-18(13)14/h4-6,9,15H,2-3,7-8,10H2,1H3. The number of anilines is 1. The molecule has 18 heavy (non-hydrogen) atoms. The molecule has 0 atom stereocenters. The maximum atomic E-state index is 4.29. The van der Waals surface area contributed by atoms with Crippen molar-refractivity contribution >= 4 is 5.69 Å². The molecule has 3 rings (SSSR count). The molecule has 1 aromatic carbocycles. The highest BCUT2D eigenvalue weighted by atomic mass is 15.3. The molecule has 4 nitrogen and oxygen atoms in total. The van der Waals surface area contributed by atoms with Crippen molar-refractivity contribution < 1.29 is 0 Å². The van der Waals surface area contributed by atoms with Crippen molar-refractivity contribution in [3.8, 4) is 0 Å². The fraction of sp³-hybridized carbons (Fsp3) is 0.429. The lowest BCUT2D eigenvalue weighted by Gasteiger charge is -2.15. The number of rotatable bonds is 3. The van der Waals surface area contributed by atoms with Gasteiger partial charge in [-0.2, -0.15) is 0 Å². The van der Waals surface area contributed by atoms with Gasteiger partial charge in [-0.25, -0.2) is 0 Å². The van der Waals surface area contributed by atoms with Gasteiger partial charge in [0.15, 0.2) is 5.82 Å². The van der Waals surface area contributed by atoms with Crippen molar-refractivity contribution in [2.75, 3.05) is 5.32 Å². The number of benzene rings is 1. The summed E-state index contributed by atoms with van der Waals surface area (Å²) >= 11 is 0. The largest absolute Gasteiger partial charge is 0.378 e. The number of aryl methyl sites for hydroxylation is 2. The van der Waals surface area contributed by atoms with E-state index in [0.29, 0.717) is 0 Å². The number of hydrogen-bond donors (Lipinski definition) is 1. The van der Waals surface area contributed by atoms with Gasteiger partial charge in [-0.05, 0) is 37.5 Å². The fourth-order valence-corrected chi connectivity index (χ4v) is 2.44. The SMILES string of the molecule is Cc1cccc(NCc2nnc3n2CCCC3)c1. The van der Waals surface area contributed by atoms with Crippen LogP contribution in [0.15, 0.2) is 24.3 Å². The lowest BCUT2D eigenvalue weighted by atomic mass is 10.1. The van der Waals surface area contributed by atoms with Gasteiger partial charge in [-0.1, -0.05) is 12.1 Å². The lowest BCUT2D eigenvalue weighted by molar-refractivity contribution is 0.510. The number of nitrogens with one attached hydrogen (secondary N) is 1. The quantitative estimate of drug-likeness (QED) is 0.899. The molecule has 0 bridgehead atoms. The van der Waals surface area contributed by atoms with Crippen molar-refractivity contribution in [3.05, 3.63) is 41.5 Å². The number of hydrogen-bond acceptors (Lipinski definition) is 3. The Balaban J connectivity index is 1.72. The van der Waals surface area contributed by atoms with Crippen molar-refractivity contribution in [1.29, 1.82) is 0 Å². The first-order valence-corrected chi connectivity index (χ1v) is 6.54. The van der Waals surface area contributed by atoms with Crippen LogP contribution in [0, 0.1) is 6.92 Å². The molecular weight excluding hydrogens is 224 g/mol. The molecule has 1 aliphatic heterocycles. The molecule has 0 aliphatic carbocycles. The van der Waals surface area contributed by atoms with E-state index in [2.05, 4.69) is 51.3 Å². The maximum Gasteiger partial charge on any atom is 0.152 e. The van der Waals surface area contributed by atoms with Crippen LogP contribution in [-0.2, 0) is 19.5 Å². The summed E-state index contributed by atoms with van der Waals surface area (Å²) in [5, 5.41) is 12.0. The second kappa shape index (κ2) is 4.80. The van der Waals surface area contributed by atoms with E-state index in [0.717, 1.165) is 36.8 Å². The Kier molecular flexibility index (Phi) is 3.00. The Morgan fingerprint density at radius 1 is 1.28 bits per heavy atom. The first-order valence-electron chi connectivity index (χ1n) is 6.54. The molecule has 2 heterocycles. The summed E-state index contributed by atoms with van der Waals surface area (Å²) in [7, 11) is 0. The van der Waals surface area contributed by atoms with Crippen LogP contribution in [0.1, 0.15) is 30.1 Å². The van der Waals surface area contributed by atoms with E-state index in [-0.39, 0.29) is 0 Å². The molecule has 4 heteroatoms. The molecule has 1 N–H and O–H groups in total. The zero-order valence-electron chi connectivity index (χ0n) is 10.7. The van der Waals surface area contributed by atoms with Crippen LogP contribution in [0.4, 0.5) is 5.69 Å². The van der Waals surface area contributed by atoms with Gasteiger partial charge in [0.2, 0.25) is 0 Å². The highest BCUT2D eigenvalue weighted by Gasteiger charge is 2.14. The zero-order chi connectivity index (χ0) is 12.4. The van der Waals surface area contributed by atoms with E-state index >= 15 is 0 Å². The highest BCUT2D eigenvalue weighted by molar-refractivity contribution is 5.45. The molecule has 94 valence electrons. The normalized spacial score (nSPS) is 14.3. The molecule has 0 fully saturated rings. The first-order chi connectivity index (χ1) is 8.83. The topological polar surface area (TPSA) is 42.7 Å². The minimum absolute atomic E-state index is 0.746. The lowest BCUT2D eigenvalue weighted by Crippen LogP contribution is -2.15. The van der Waals surface area contributed by atoms with Gasteiger partial charge in [-0.3, -0.25) is 0 Å². The average Bonchev–Trinajstić information content (AvgIpc) is 2.80. The summed E-state index contributed by atoms with van der Waals surface area (Å²) in [4.78, 5) is 0. The third-order valence-electron chi connectivity index (χ3n) is 3.40. The smallest absolute Gasteiger partial charge is 0.152 e. The Hall–Kier alpha value is -1.84. The van der Waals surface area contributed by atoms with Crippen LogP contribution in [0.5, 0.6) is 0 Å². The van der Waals surface area contributed by atoms with Crippen molar-refractivity contribution in [3.63, 3.8) is 0 Å². The van der Waals surface area contributed by atoms with Gasteiger partial charge in [0.05, 0.1) is 6.54 Å². The van der Waals surface area contributed by atoms with Gasteiger partial charge in [0, 0.05) is 18.7 Å². The Morgan fingerprint density at radius 2 is 2.22 bits per heavy atom. The Morgan fingerprint density at radius 3 is 3.11 bits per heavy atom. The van der Waals surface area contributed by atoms with Crippen molar-refractivity contribution in [2.45, 2.75) is 39.3 Å². The average molecular weight is 242 g/mol. The molecule has 0 amide bonds. The Bertz CT molecular complexity index is 544. The fourth-order valence-electron chi connectivity index (χ4n) is 2.44. The van der Waals surface area contributed by atoms with Crippen molar-refractivity contribution in [2.24, 2.45) is 0 Å². The van der Waals surface area contributed by atoms with E-state index in [1.54, 1.807) is 0 Å². The third-order valence-corrected chi connectivity index (χ3v) is 3.40. The van der Waals surface area contributed by atoms with Crippen LogP contribution in [0.2, 0.25) is 0 Å².